The van der Waals surface area contributed by atoms with E-state index in [-0.39, 0.29) is 17.9 Å². The van der Waals surface area contributed by atoms with Crippen LogP contribution in [0, 0.1) is 0 Å². The minimum atomic E-state index is -3.08. The first-order valence-corrected chi connectivity index (χ1v) is 7.43. The Morgan fingerprint density at radius 3 is 2.71 bits per heavy atom. The number of sulfone groups is 1. The van der Waals surface area contributed by atoms with Crippen LogP contribution in [-0.4, -0.2) is 55.0 Å². The summed E-state index contributed by atoms with van der Waals surface area (Å²) in [5.41, 5.74) is 1.02. The monoisotopic (exact) mass is 261 g/mol. The van der Waals surface area contributed by atoms with E-state index < -0.39 is 21.8 Å². The molecule has 6 heteroatoms. The second-order valence-electron chi connectivity index (χ2n) is 4.61. The van der Waals surface area contributed by atoms with Crippen LogP contribution >= 0.6 is 0 Å². The van der Waals surface area contributed by atoms with Gasteiger partial charge in [-0.3, -0.25) is 9.69 Å². The number of hydrogen-bond donors (Lipinski definition) is 1. The molecule has 1 N–H and O–H groups in total. The molecule has 98 valence electrons. The predicted octanol–water partition coefficient (Wildman–Crippen LogP) is 0.526. The quantitative estimate of drug-likeness (QED) is 0.731. The lowest BCUT2D eigenvalue weighted by Gasteiger charge is -2.34. The van der Waals surface area contributed by atoms with E-state index in [9.17, 15) is 13.2 Å². The number of carboxylic acid groups (broad SMARTS) is 1. The van der Waals surface area contributed by atoms with Crippen LogP contribution in [0.2, 0.25) is 0 Å². The lowest BCUT2D eigenvalue weighted by Crippen LogP contribution is -2.49. The highest BCUT2D eigenvalue weighted by atomic mass is 32.2. The smallest absolute Gasteiger partial charge is 0.304 e. The van der Waals surface area contributed by atoms with Crippen molar-refractivity contribution in [1.82, 2.24) is 4.90 Å². The van der Waals surface area contributed by atoms with Crippen LogP contribution in [0.3, 0.4) is 0 Å². The second kappa shape index (κ2) is 5.64. The molecule has 0 aliphatic carbocycles. The average Bonchev–Trinajstić information content (AvgIpc) is 2.14. The lowest BCUT2D eigenvalue weighted by atomic mass is 10.1. The number of carboxylic acids is 1. The molecular weight excluding hydrogens is 242 g/mol. The Morgan fingerprint density at radius 2 is 2.18 bits per heavy atom. The molecule has 1 unspecified atom stereocenters. The van der Waals surface area contributed by atoms with Gasteiger partial charge in [0.15, 0.2) is 9.84 Å². The third-order valence-corrected chi connectivity index (χ3v) is 4.59. The van der Waals surface area contributed by atoms with E-state index in [1.54, 1.807) is 0 Å². The summed E-state index contributed by atoms with van der Waals surface area (Å²) in [6.45, 7) is 6.81. The van der Waals surface area contributed by atoms with E-state index in [0.29, 0.717) is 13.1 Å². The average molecular weight is 261 g/mol. The van der Waals surface area contributed by atoms with Crippen LogP contribution < -0.4 is 0 Å². The summed E-state index contributed by atoms with van der Waals surface area (Å²) in [7, 11) is -3.08. The maximum Gasteiger partial charge on any atom is 0.304 e. The van der Waals surface area contributed by atoms with Crippen LogP contribution in [0.1, 0.15) is 19.8 Å². The third kappa shape index (κ3) is 4.87. The summed E-state index contributed by atoms with van der Waals surface area (Å²) in [4.78, 5) is 12.7. The van der Waals surface area contributed by atoms with Crippen molar-refractivity contribution in [2.24, 2.45) is 0 Å². The molecule has 0 saturated carbocycles. The maximum absolute atomic E-state index is 11.5. The van der Waals surface area contributed by atoms with Gasteiger partial charge in [-0.2, -0.15) is 0 Å². The number of carbonyl (C=O) groups is 1. The summed E-state index contributed by atoms with van der Waals surface area (Å²) in [6, 6.07) is -0.398. The number of hydrogen-bond acceptors (Lipinski definition) is 4. The fourth-order valence-electron chi connectivity index (χ4n) is 1.94. The molecule has 1 fully saturated rings. The van der Waals surface area contributed by atoms with Crippen LogP contribution in [0.4, 0.5) is 0 Å². The molecule has 0 aromatic heterocycles. The molecule has 0 spiro atoms. The van der Waals surface area contributed by atoms with Gasteiger partial charge in [-0.05, 0) is 13.3 Å². The summed E-state index contributed by atoms with van der Waals surface area (Å²) >= 11 is 0. The highest BCUT2D eigenvalue weighted by Gasteiger charge is 2.32. The van der Waals surface area contributed by atoms with Crippen LogP contribution in [0.15, 0.2) is 12.2 Å². The van der Waals surface area contributed by atoms with Crippen molar-refractivity contribution >= 4 is 15.8 Å². The zero-order chi connectivity index (χ0) is 13.1. The van der Waals surface area contributed by atoms with Gasteiger partial charge in [-0.1, -0.05) is 5.57 Å². The van der Waals surface area contributed by atoms with E-state index in [4.69, 9.17) is 5.11 Å². The van der Waals surface area contributed by atoms with Crippen LogP contribution in [-0.2, 0) is 14.6 Å². The number of rotatable bonds is 5. The van der Waals surface area contributed by atoms with Gasteiger partial charge < -0.3 is 5.11 Å². The SMILES string of the molecule is C=C(C)CCN1CCS(=O)(=O)CC1CC(=O)O. The Kier molecular flexibility index (Phi) is 4.70. The van der Waals surface area contributed by atoms with Gasteiger partial charge in [0.05, 0.1) is 17.9 Å². The summed E-state index contributed by atoms with van der Waals surface area (Å²) in [5, 5.41) is 8.79. The van der Waals surface area contributed by atoms with Gasteiger partial charge in [0, 0.05) is 19.1 Å². The van der Waals surface area contributed by atoms with Crippen molar-refractivity contribution in [3.8, 4) is 0 Å². The fourth-order valence-corrected chi connectivity index (χ4v) is 3.53. The van der Waals surface area contributed by atoms with E-state index in [0.717, 1.165) is 12.0 Å². The highest BCUT2D eigenvalue weighted by Crippen LogP contribution is 2.16. The van der Waals surface area contributed by atoms with Crippen molar-refractivity contribution in [1.29, 1.82) is 0 Å². The van der Waals surface area contributed by atoms with Crippen LogP contribution in [0.5, 0.6) is 0 Å². The normalized spacial score (nSPS) is 24.4. The molecule has 0 aromatic carbocycles. The highest BCUT2D eigenvalue weighted by molar-refractivity contribution is 7.91. The second-order valence-corrected chi connectivity index (χ2v) is 6.84. The van der Waals surface area contributed by atoms with E-state index in [1.165, 1.54) is 0 Å². The number of nitrogens with zero attached hydrogens (tertiary/aromatic N) is 1. The molecule has 1 rings (SSSR count). The van der Waals surface area contributed by atoms with Crippen molar-refractivity contribution in [2.45, 2.75) is 25.8 Å². The third-order valence-electron chi connectivity index (χ3n) is 2.89. The van der Waals surface area contributed by atoms with Crippen molar-refractivity contribution < 1.29 is 18.3 Å². The van der Waals surface area contributed by atoms with E-state index in [2.05, 4.69) is 6.58 Å². The van der Waals surface area contributed by atoms with Gasteiger partial charge >= 0.3 is 5.97 Å². The first-order valence-electron chi connectivity index (χ1n) is 5.61. The molecule has 5 nitrogen and oxygen atoms in total. The molecule has 1 aliphatic rings. The van der Waals surface area contributed by atoms with Gasteiger partial charge in [-0.25, -0.2) is 8.42 Å². The lowest BCUT2D eigenvalue weighted by molar-refractivity contribution is -0.138. The largest absolute Gasteiger partial charge is 0.481 e. The Morgan fingerprint density at radius 1 is 1.53 bits per heavy atom. The van der Waals surface area contributed by atoms with Crippen molar-refractivity contribution in [2.75, 3.05) is 24.6 Å². The van der Waals surface area contributed by atoms with Gasteiger partial charge in [0.25, 0.3) is 0 Å². The molecule has 0 aromatic rings. The molecule has 1 atom stereocenters. The summed E-state index contributed by atoms with van der Waals surface area (Å²) < 4.78 is 23.0. The standard InChI is InChI=1S/C11H19NO4S/c1-9(2)3-4-12-5-6-17(15,16)8-10(12)7-11(13)14/h10H,1,3-8H2,2H3,(H,13,14). The van der Waals surface area contributed by atoms with Gasteiger partial charge in [0.1, 0.15) is 0 Å². The molecular formula is C11H19NO4S. The molecule has 1 aliphatic heterocycles. The molecule has 0 bridgehead atoms. The number of aliphatic carboxylic acids is 1. The maximum atomic E-state index is 11.5. The fraction of sp³-hybridized carbons (Fsp3) is 0.727. The molecule has 0 amide bonds. The minimum absolute atomic E-state index is 0.0461. The van der Waals surface area contributed by atoms with E-state index >= 15 is 0 Å². The molecule has 1 heterocycles. The molecule has 17 heavy (non-hydrogen) atoms. The van der Waals surface area contributed by atoms with Gasteiger partial charge in [0.2, 0.25) is 0 Å². The Hall–Kier alpha value is -0.880. The zero-order valence-corrected chi connectivity index (χ0v) is 10.9. The zero-order valence-electron chi connectivity index (χ0n) is 10.1. The van der Waals surface area contributed by atoms with Gasteiger partial charge in [-0.15, -0.1) is 6.58 Å². The first-order chi connectivity index (χ1) is 7.80. The van der Waals surface area contributed by atoms with E-state index in [1.807, 2.05) is 11.8 Å². The van der Waals surface area contributed by atoms with Crippen LogP contribution in [0.25, 0.3) is 0 Å². The molecule has 0 radical (unpaired) electrons. The van der Waals surface area contributed by atoms with Crippen molar-refractivity contribution in [3.05, 3.63) is 12.2 Å². The molecule has 1 saturated heterocycles. The minimum Gasteiger partial charge on any atom is -0.481 e. The Balaban J connectivity index is 2.66. The first kappa shape index (κ1) is 14.2. The summed E-state index contributed by atoms with van der Waals surface area (Å²) in [5.74, 6) is -0.873. The van der Waals surface area contributed by atoms with Crippen molar-refractivity contribution in [3.63, 3.8) is 0 Å². The summed E-state index contributed by atoms with van der Waals surface area (Å²) in [6.07, 6.45) is 0.658. The predicted molar refractivity (Wildman–Crippen MR) is 65.7 cm³/mol. The topological polar surface area (TPSA) is 74.7 Å². The Labute approximate surface area is 102 Å². The Bertz CT molecular complexity index is 402.